The molecule has 4 heterocycles. The van der Waals surface area contributed by atoms with Crippen LogP contribution in [0.4, 0.5) is 4.39 Å². The van der Waals surface area contributed by atoms with Gasteiger partial charge in [-0.1, -0.05) is 5.21 Å². The summed E-state index contributed by atoms with van der Waals surface area (Å²) in [6, 6.07) is 2.04. The standard InChI is InChI=1S/C20H19FN6O4/c21-15-5-13(7-22-9-15)19(28)24-18(12-1-3-31-4-2-12)17-11-27(26-25-17)16-6-14(20(29)30)8-23-10-16/h5-12,18H,1-4H2,(H,24,28)(H,29,30). The molecule has 0 radical (unpaired) electrons. The van der Waals surface area contributed by atoms with E-state index in [4.69, 9.17) is 4.74 Å². The minimum absolute atomic E-state index is 0.0161. The molecule has 0 saturated carbocycles. The van der Waals surface area contributed by atoms with Crippen LogP contribution in [-0.2, 0) is 4.74 Å². The van der Waals surface area contributed by atoms with Crippen molar-refractivity contribution in [1.29, 1.82) is 0 Å². The molecule has 0 bridgehead atoms. The fourth-order valence-electron chi connectivity index (χ4n) is 3.46. The summed E-state index contributed by atoms with van der Waals surface area (Å²) in [5, 5.41) is 20.4. The van der Waals surface area contributed by atoms with E-state index in [9.17, 15) is 19.1 Å². The Morgan fingerprint density at radius 1 is 1.13 bits per heavy atom. The predicted octanol–water partition coefficient (Wildman–Crippen LogP) is 1.79. The molecule has 4 rings (SSSR count). The maximum absolute atomic E-state index is 13.5. The maximum Gasteiger partial charge on any atom is 0.337 e. The van der Waals surface area contributed by atoms with Gasteiger partial charge >= 0.3 is 5.97 Å². The van der Waals surface area contributed by atoms with Crippen LogP contribution >= 0.6 is 0 Å². The lowest BCUT2D eigenvalue weighted by atomic mass is 9.89. The van der Waals surface area contributed by atoms with Crippen molar-refractivity contribution in [3.05, 3.63) is 65.8 Å². The molecule has 31 heavy (non-hydrogen) atoms. The number of aromatic nitrogens is 5. The summed E-state index contributed by atoms with van der Waals surface area (Å²) in [6.45, 7) is 1.11. The Hall–Kier alpha value is -3.73. The number of amides is 1. The smallest absolute Gasteiger partial charge is 0.337 e. The van der Waals surface area contributed by atoms with Gasteiger partial charge in [-0.2, -0.15) is 0 Å². The second-order valence-electron chi connectivity index (χ2n) is 7.12. The second-order valence-corrected chi connectivity index (χ2v) is 7.12. The molecule has 1 saturated heterocycles. The van der Waals surface area contributed by atoms with E-state index >= 15 is 0 Å². The van der Waals surface area contributed by atoms with E-state index in [2.05, 4.69) is 25.6 Å². The summed E-state index contributed by atoms with van der Waals surface area (Å²) in [6.07, 6.45) is 8.04. The van der Waals surface area contributed by atoms with Crippen molar-refractivity contribution in [2.24, 2.45) is 5.92 Å². The average molecular weight is 426 g/mol. The van der Waals surface area contributed by atoms with Gasteiger partial charge in [0.1, 0.15) is 11.5 Å². The van der Waals surface area contributed by atoms with Gasteiger partial charge in [-0.05, 0) is 30.9 Å². The number of nitrogens with one attached hydrogen (secondary N) is 1. The van der Waals surface area contributed by atoms with Crippen LogP contribution in [0.5, 0.6) is 0 Å². The molecule has 3 aromatic rings. The molecule has 3 aromatic heterocycles. The van der Waals surface area contributed by atoms with Gasteiger partial charge in [-0.3, -0.25) is 14.8 Å². The molecule has 11 heteroatoms. The van der Waals surface area contributed by atoms with Crippen molar-refractivity contribution < 1.29 is 23.8 Å². The van der Waals surface area contributed by atoms with Crippen LogP contribution in [-0.4, -0.2) is 55.2 Å². The number of pyridine rings is 2. The van der Waals surface area contributed by atoms with E-state index in [1.165, 1.54) is 29.3 Å². The third kappa shape index (κ3) is 4.72. The number of carboxylic acids is 1. The third-order valence-corrected chi connectivity index (χ3v) is 5.06. The summed E-state index contributed by atoms with van der Waals surface area (Å²) in [7, 11) is 0. The predicted molar refractivity (Wildman–Crippen MR) is 104 cm³/mol. The molecular formula is C20H19FN6O4. The summed E-state index contributed by atoms with van der Waals surface area (Å²) in [4.78, 5) is 31.6. The van der Waals surface area contributed by atoms with Crippen molar-refractivity contribution in [3.8, 4) is 5.69 Å². The molecule has 2 N–H and O–H groups in total. The van der Waals surface area contributed by atoms with Gasteiger partial charge in [-0.25, -0.2) is 13.9 Å². The summed E-state index contributed by atoms with van der Waals surface area (Å²) < 4.78 is 20.3. The van der Waals surface area contributed by atoms with Crippen molar-refractivity contribution >= 4 is 11.9 Å². The van der Waals surface area contributed by atoms with Crippen molar-refractivity contribution in [2.45, 2.75) is 18.9 Å². The lowest BCUT2D eigenvalue weighted by Crippen LogP contribution is -2.36. The molecule has 0 aromatic carbocycles. The number of hydrogen-bond acceptors (Lipinski definition) is 7. The van der Waals surface area contributed by atoms with E-state index in [0.717, 1.165) is 12.3 Å². The molecular weight excluding hydrogens is 407 g/mol. The van der Waals surface area contributed by atoms with Gasteiger partial charge in [0.25, 0.3) is 5.91 Å². The van der Waals surface area contributed by atoms with Crippen LogP contribution < -0.4 is 5.32 Å². The van der Waals surface area contributed by atoms with Gasteiger partial charge in [0.2, 0.25) is 0 Å². The summed E-state index contributed by atoms with van der Waals surface area (Å²) >= 11 is 0. The summed E-state index contributed by atoms with van der Waals surface area (Å²) in [5.74, 6) is -2.15. The number of carbonyl (C=O) groups excluding carboxylic acids is 1. The topological polar surface area (TPSA) is 132 Å². The molecule has 10 nitrogen and oxygen atoms in total. The normalized spacial score (nSPS) is 15.4. The molecule has 1 atom stereocenters. The highest BCUT2D eigenvalue weighted by molar-refractivity contribution is 5.94. The molecule has 1 aliphatic heterocycles. The molecule has 0 spiro atoms. The molecule has 1 amide bonds. The van der Waals surface area contributed by atoms with E-state index in [1.807, 2.05) is 0 Å². The van der Waals surface area contributed by atoms with Crippen LogP contribution in [0, 0.1) is 11.7 Å². The second kappa shape index (κ2) is 8.96. The highest BCUT2D eigenvalue weighted by Crippen LogP contribution is 2.29. The number of carbonyl (C=O) groups is 2. The minimum Gasteiger partial charge on any atom is -0.478 e. The number of aromatic carboxylic acids is 1. The summed E-state index contributed by atoms with van der Waals surface area (Å²) in [5.41, 5.74) is 1.03. The monoisotopic (exact) mass is 426 g/mol. The van der Waals surface area contributed by atoms with E-state index in [0.29, 0.717) is 37.4 Å². The van der Waals surface area contributed by atoms with Gasteiger partial charge in [-0.15, -0.1) is 5.10 Å². The fourth-order valence-corrected chi connectivity index (χ4v) is 3.46. The SMILES string of the molecule is O=C(O)c1cncc(-n2cc(C(NC(=O)c3cncc(F)c3)C3CCOCC3)nn2)c1. The quantitative estimate of drug-likeness (QED) is 0.610. The Morgan fingerprint density at radius 2 is 1.87 bits per heavy atom. The van der Waals surface area contributed by atoms with Crippen LogP contribution in [0.1, 0.15) is 45.3 Å². The Kier molecular flexibility index (Phi) is 5.94. The van der Waals surface area contributed by atoms with Crippen molar-refractivity contribution in [1.82, 2.24) is 30.3 Å². The first-order valence-corrected chi connectivity index (χ1v) is 9.61. The van der Waals surface area contributed by atoms with Crippen LogP contribution in [0.3, 0.4) is 0 Å². The molecule has 0 aliphatic carbocycles. The van der Waals surface area contributed by atoms with Gasteiger partial charge in [0.15, 0.2) is 0 Å². The number of carboxylic acid groups (broad SMARTS) is 1. The van der Waals surface area contributed by atoms with E-state index < -0.39 is 23.7 Å². The zero-order valence-electron chi connectivity index (χ0n) is 16.3. The van der Waals surface area contributed by atoms with Crippen LogP contribution in [0.15, 0.2) is 43.1 Å². The Bertz CT molecular complexity index is 1100. The highest BCUT2D eigenvalue weighted by Gasteiger charge is 2.30. The number of hydrogen-bond donors (Lipinski definition) is 2. The Morgan fingerprint density at radius 3 is 2.61 bits per heavy atom. The van der Waals surface area contributed by atoms with Crippen LogP contribution in [0.25, 0.3) is 5.69 Å². The lowest BCUT2D eigenvalue weighted by Gasteiger charge is -2.29. The van der Waals surface area contributed by atoms with Gasteiger partial charge in [0, 0.05) is 25.6 Å². The molecule has 1 aliphatic rings. The van der Waals surface area contributed by atoms with Crippen LogP contribution in [0.2, 0.25) is 0 Å². The number of ether oxygens (including phenoxy) is 1. The van der Waals surface area contributed by atoms with E-state index in [-0.39, 0.29) is 17.0 Å². The lowest BCUT2D eigenvalue weighted by molar-refractivity contribution is 0.0508. The zero-order valence-corrected chi connectivity index (χ0v) is 16.3. The molecule has 1 unspecified atom stereocenters. The Balaban J connectivity index is 1.62. The molecule has 160 valence electrons. The van der Waals surface area contributed by atoms with Gasteiger partial charge in [0.05, 0.1) is 41.4 Å². The van der Waals surface area contributed by atoms with Crippen molar-refractivity contribution in [2.75, 3.05) is 13.2 Å². The molecule has 1 fully saturated rings. The van der Waals surface area contributed by atoms with Gasteiger partial charge < -0.3 is 15.2 Å². The number of halogens is 1. The Labute approximate surface area is 176 Å². The maximum atomic E-state index is 13.5. The zero-order chi connectivity index (χ0) is 21.8. The average Bonchev–Trinajstić information content (AvgIpc) is 3.28. The van der Waals surface area contributed by atoms with E-state index in [1.54, 1.807) is 6.20 Å². The fraction of sp³-hybridized carbons (Fsp3) is 0.300. The first-order chi connectivity index (χ1) is 15.0. The largest absolute Gasteiger partial charge is 0.478 e. The first kappa shape index (κ1) is 20.5. The number of rotatable bonds is 6. The van der Waals surface area contributed by atoms with Crippen molar-refractivity contribution in [3.63, 3.8) is 0 Å². The third-order valence-electron chi connectivity index (χ3n) is 5.06. The number of nitrogens with zero attached hydrogens (tertiary/aromatic N) is 5. The highest BCUT2D eigenvalue weighted by atomic mass is 19.1. The minimum atomic E-state index is -1.11. The first-order valence-electron chi connectivity index (χ1n) is 9.61.